The number of rotatable bonds is 3. The molecule has 0 heteroatoms. The van der Waals surface area contributed by atoms with Crippen LogP contribution in [0.15, 0.2) is 54.6 Å². The van der Waals surface area contributed by atoms with Gasteiger partial charge < -0.3 is 0 Å². The van der Waals surface area contributed by atoms with E-state index in [-0.39, 0.29) is 0 Å². The third-order valence-electron chi connectivity index (χ3n) is 2.42. The summed E-state index contributed by atoms with van der Waals surface area (Å²) in [4.78, 5) is 0. The highest BCUT2D eigenvalue weighted by atomic mass is 14.0. The van der Waals surface area contributed by atoms with Crippen LogP contribution in [0.2, 0.25) is 0 Å². The highest BCUT2D eigenvalue weighted by molar-refractivity contribution is 5.37. The Labute approximate surface area is 93.0 Å². The first-order valence-electron chi connectivity index (χ1n) is 5.79. The van der Waals surface area contributed by atoms with E-state index in [9.17, 15) is 0 Å². The van der Waals surface area contributed by atoms with E-state index >= 15 is 0 Å². The maximum Gasteiger partial charge on any atom is 0.0412 e. The van der Waals surface area contributed by atoms with Crippen molar-refractivity contribution in [1.82, 2.24) is 0 Å². The van der Waals surface area contributed by atoms with Crippen molar-refractivity contribution in [2.24, 2.45) is 0 Å². The molecular formula is C15H15. The van der Waals surface area contributed by atoms with Gasteiger partial charge in [-0.1, -0.05) is 61.5 Å². The summed E-state index contributed by atoms with van der Waals surface area (Å²) in [7, 11) is 0. The molecule has 2 rings (SSSR count). The molecule has 0 bridgehead atoms. The molecule has 0 saturated heterocycles. The van der Waals surface area contributed by atoms with Crippen molar-refractivity contribution in [2.45, 2.75) is 13.3 Å². The van der Waals surface area contributed by atoms with E-state index in [4.69, 9.17) is 1.37 Å². The smallest absolute Gasteiger partial charge is 0.0412 e. The van der Waals surface area contributed by atoms with Crippen molar-refractivity contribution >= 4 is 0 Å². The molecule has 0 aliphatic carbocycles. The molecule has 0 aromatic heterocycles. The fourth-order valence-electron chi connectivity index (χ4n) is 1.51. The Morgan fingerprint density at radius 1 is 0.933 bits per heavy atom. The lowest BCUT2D eigenvalue weighted by atomic mass is 10.0. The van der Waals surface area contributed by atoms with E-state index in [1.54, 1.807) is 0 Å². The lowest BCUT2D eigenvalue weighted by Gasteiger charge is -2.02. The molecule has 0 saturated carbocycles. The lowest BCUT2D eigenvalue weighted by molar-refractivity contribution is 1.14. The van der Waals surface area contributed by atoms with Gasteiger partial charge in [-0.3, -0.25) is 0 Å². The molecule has 0 unspecified atom stereocenters. The molecule has 15 heavy (non-hydrogen) atoms. The number of hydrogen-bond acceptors (Lipinski definition) is 0. The first-order valence-corrected chi connectivity index (χ1v) is 5.29. The van der Waals surface area contributed by atoms with Gasteiger partial charge in [0.15, 0.2) is 0 Å². The predicted octanol–water partition coefficient (Wildman–Crippen LogP) is 3.85. The van der Waals surface area contributed by atoms with Crippen molar-refractivity contribution in [1.29, 1.82) is 0 Å². The first kappa shape index (κ1) is 8.72. The Balaban J connectivity index is 2.24. The second kappa shape index (κ2) is 4.79. The maximum atomic E-state index is 8.10. The average Bonchev–Trinajstić information content (AvgIpc) is 2.39. The largest absolute Gasteiger partial charge is 0.0622 e. The maximum absolute atomic E-state index is 8.10. The molecule has 1 radical (unpaired) electrons. The molecule has 0 aliphatic rings. The SMILES string of the molecule is [2H][C](c1ccccc1)c1ccc(CC)cc1. The van der Waals surface area contributed by atoms with E-state index in [0.29, 0.717) is 6.40 Å². The minimum absolute atomic E-state index is 0.586. The third-order valence-corrected chi connectivity index (χ3v) is 2.42. The summed E-state index contributed by atoms with van der Waals surface area (Å²) in [5.74, 6) is 0. The van der Waals surface area contributed by atoms with Crippen LogP contribution in [-0.4, -0.2) is 0 Å². The standard InChI is InChI=1S/C15H15/c1-2-13-8-10-15(11-9-13)12-14-6-4-3-5-7-14/h3-12H,2H2,1H3/i12D. The van der Waals surface area contributed by atoms with Gasteiger partial charge in [0.2, 0.25) is 0 Å². The summed E-state index contributed by atoms with van der Waals surface area (Å²) < 4.78 is 8.10. The quantitative estimate of drug-likeness (QED) is 0.699. The molecule has 75 valence electrons. The van der Waals surface area contributed by atoms with Gasteiger partial charge in [0.05, 0.1) is 0 Å². The Morgan fingerprint density at radius 3 is 2.13 bits per heavy atom. The van der Waals surface area contributed by atoms with E-state index in [1.165, 1.54) is 5.56 Å². The molecule has 2 aromatic rings. The highest BCUT2D eigenvalue weighted by Crippen LogP contribution is 2.12. The number of hydrogen-bond donors (Lipinski definition) is 0. The van der Waals surface area contributed by atoms with Gasteiger partial charge in [0.25, 0.3) is 0 Å². The molecule has 0 atom stereocenters. The lowest BCUT2D eigenvalue weighted by Crippen LogP contribution is -1.85. The average molecular weight is 196 g/mol. The van der Waals surface area contributed by atoms with Gasteiger partial charge in [-0.2, -0.15) is 0 Å². The van der Waals surface area contributed by atoms with Crippen LogP contribution in [0.3, 0.4) is 0 Å². The minimum atomic E-state index is 0.586. The molecule has 0 spiro atoms. The van der Waals surface area contributed by atoms with Gasteiger partial charge in [-0.25, -0.2) is 0 Å². The molecule has 0 aliphatic heterocycles. The fraction of sp³-hybridized carbons (Fsp3) is 0.133. The normalized spacial score (nSPS) is 11.5. The van der Waals surface area contributed by atoms with E-state index < -0.39 is 0 Å². The van der Waals surface area contributed by atoms with Gasteiger partial charge >= 0.3 is 0 Å². The zero-order valence-corrected chi connectivity index (χ0v) is 8.90. The van der Waals surface area contributed by atoms with Crippen LogP contribution in [0.4, 0.5) is 0 Å². The molecule has 0 N–H and O–H groups in total. The summed E-state index contributed by atoms with van der Waals surface area (Å²) >= 11 is 0. The number of benzene rings is 2. The van der Waals surface area contributed by atoms with Crippen LogP contribution in [0.1, 0.15) is 25.0 Å². The second-order valence-electron chi connectivity index (χ2n) is 3.54. The van der Waals surface area contributed by atoms with Crippen LogP contribution in [0.5, 0.6) is 0 Å². The fourth-order valence-corrected chi connectivity index (χ4v) is 1.51. The van der Waals surface area contributed by atoms with Crippen LogP contribution >= 0.6 is 0 Å². The van der Waals surface area contributed by atoms with Gasteiger partial charge in [-0.05, 0) is 23.1 Å². The van der Waals surface area contributed by atoms with E-state index in [2.05, 4.69) is 19.1 Å². The second-order valence-corrected chi connectivity index (χ2v) is 3.54. The van der Waals surface area contributed by atoms with Crippen LogP contribution in [0.25, 0.3) is 0 Å². The predicted molar refractivity (Wildman–Crippen MR) is 64.8 cm³/mol. The molecular weight excluding hydrogens is 180 g/mol. The van der Waals surface area contributed by atoms with Crippen LogP contribution in [-0.2, 0) is 6.42 Å². The monoisotopic (exact) mass is 196 g/mol. The summed E-state index contributed by atoms with van der Waals surface area (Å²) in [6, 6.07) is 18.1. The Kier molecular flexibility index (Phi) is 2.78. The topological polar surface area (TPSA) is 0 Å². The van der Waals surface area contributed by atoms with E-state index in [0.717, 1.165) is 17.5 Å². The van der Waals surface area contributed by atoms with Crippen molar-refractivity contribution < 1.29 is 1.37 Å². The summed E-state index contributed by atoms with van der Waals surface area (Å²) in [6.07, 6.45) is 1.63. The van der Waals surface area contributed by atoms with Crippen LogP contribution in [0, 0.1) is 6.40 Å². The molecule has 0 heterocycles. The summed E-state index contributed by atoms with van der Waals surface area (Å²) in [6.45, 7) is 2.14. The molecule has 0 amide bonds. The van der Waals surface area contributed by atoms with Crippen molar-refractivity contribution in [3.05, 3.63) is 77.7 Å². The van der Waals surface area contributed by atoms with Gasteiger partial charge in [0, 0.05) is 7.77 Å². The zero-order chi connectivity index (χ0) is 11.4. The van der Waals surface area contributed by atoms with Crippen LogP contribution < -0.4 is 0 Å². The Hall–Kier alpha value is -1.56. The van der Waals surface area contributed by atoms with E-state index in [1.807, 2.05) is 42.5 Å². The van der Waals surface area contributed by atoms with Crippen molar-refractivity contribution in [3.8, 4) is 0 Å². The zero-order valence-electron chi connectivity index (χ0n) is 9.90. The molecule has 0 fully saturated rings. The third kappa shape index (κ3) is 2.69. The molecule has 2 aromatic carbocycles. The van der Waals surface area contributed by atoms with Crippen molar-refractivity contribution in [3.63, 3.8) is 0 Å². The Morgan fingerprint density at radius 2 is 1.53 bits per heavy atom. The number of aryl methyl sites for hydroxylation is 1. The Bertz CT molecular complexity index is 431. The minimum Gasteiger partial charge on any atom is -0.0622 e. The van der Waals surface area contributed by atoms with Crippen molar-refractivity contribution in [2.75, 3.05) is 0 Å². The van der Waals surface area contributed by atoms with Gasteiger partial charge in [0.1, 0.15) is 0 Å². The van der Waals surface area contributed by atoms with Gasteiger partial charge in [-0.15, -0.1) is 0 Å². The summed E-state index contributed by atoms with van der Waals surface area (Å²) in [5.41, 5.74) is 3.25. The summed E-state index contributed by atoms with van der Waals surface area (Å²) in [5, 5.41) is 0. The molecule has 0 nitrogen and oxygen atoms in total. The first-order chi connectivity index (χ1) is 7.81. The highest BCUT2D eigenvalue weighted by Gasteiger charge is 1.95.